The van der Waals surface area contributed by atoms with Crippen LogP contribution in [-0.2, 0) is 9.53 Å². The standard InChI is InChI=1S/C20H34N2O3/c1-6-13-20(3,25-15-7-2)19(23)21-17-9-11-18(12-10-17)24-16-8-14-22(4)5/h9-12H,6-8,13-16H2,1-5H3,(H,21,23). The van der Waals surface area contributed by atoms with Crippen molar-refractivity contribution in [3.8, 4) is 5.75 Å². The number of benzene rings is 1. The van der Waals surface area contributed by atoms with Crippen LogP contribution in [0.1, 0.15) is 46.5 Å². The highest BCUT2D eigenvalue weighted by atomic mass is 16.5. The number of nitrogens with one attached hydrogen (secondary N) is 1. The van der Waals surface area contributed by atoms with Crippen molar-refractivity contribution in [1.29, 1.82) is 0 Å². The molecule has 142 valence electrons. The monoisotopic (exact) mass is 350 g/mol. The molecule has 0 aliphatic rings. The zero-order valence-electron chi connectivity index (χ0n) is 16.4. The van der Waals surface area contributed by atoms with Gasteiger partial charge in [-0.05, 0) is 64.5 Å². The summed E-state index contributed by atoms with van der Waals surface area (Å²) in [5.74, 6) is 0.720. The molecular weight excluding hydrogens is 316 g/mol. The summed E-state index contributed by atoms with van der Waals surface area (Å²) in [7, 11) is 4.10. The molecule has 1 aromatic rings. The maximum Gasteiger partial charge on any atom is 0.256 e. The molecule has 1 unspecified atom stereocenters. The van der Waals surface area contributed by atoms with Crippen LogP contribution in [-0.4, -0.2) is 50.3 Å². The highest BCUT2D eigenvalue weighted by Crippen LogP contribution is 2.22. The molecule has 0 spiro atoms. The summed E-state index contributed by atoms with van der Waals surface area (Å²) in [5.41, 5.74) is -0.0281. The SMILES string of the molecule is CCCOC(C)(CCC)C(=O)Nc1ccc(OCCCN(C)C)cc1. The Labute approximate surface area is 152 Å². The van der Waals surface area contributed by atoms with E-state index in [-0.39, 0.29) is 5.91 Å². The highest BCUT2D eigenvalue weighted by Gasteiger charge is 2.33. The van der Waals surface area contributed by atoms with Crippen LogP contribution >= 0.6 is 0 Å². The molecule has 0 bridgehead atoms. The third-order valence-electron chi connectivity index (χ3n) is 3.96. The van der Waals surface area contributed by atoms with Gasteiger partial charge >= 0.3 is 0 Å². The van der Waals surface area contributed by atoms with E-state index in [4.69, 9.17) is 9.47 Å². The lowest BCUT2D eigenvalue weighted by Crippen LogP contribution is -2.43. The number of ether oxygens (including phenoxy) is 2. The predicted molar refractivity (Wildman–Crippen MR) is 103 cm³/mol. The Balaban J connectivity index is 2.56. The topological polar surface area (TPSA) is 50.8 Å². The van der Waals surface area contributed by atoms with Crippen LogP contribution in [0, 0.1) is 0 Å². The number of carbonyl (C=O) groups is 1. The molecule has 0 saturated carbocycles. The number of rotatable bonds is 12. The quantitative estimate of drug-likeness (QED) is 0.580. The van der Waals surface area contributed by atoms with E-state index in [9.17, 15) is 4.79 Å². The van der Waals surface area contributed by atoms with Crippen molar-refractivity contribution in [3.05, 3.63) is 24.3 Å². The van der Waals surface area contributed by atoms with E-state index < -0.39 is 5.60 Å². The summed E-state index contributed by atoms with van der Waals surface area (Å²) >= 11 is 0. The second-order valence-corrected chi connectivity index (χ2v) is 6.81. The number of nitrogens with zero attached hydrogens (tertiary/aromatic N) is 1. The first-order chi connectivity index (χ1) is 11.9. The van der Waals surface area contributed by atoms with Gasteiger partial charge in [0.2, 0.25) is 0 Å². The van der Waals surface area contributed by atoms with Gasteiger partial charge in [-0.2, -0.15) is 0 Å². The minimum atomic E-state index is -0.786. The van der Waals surface area contributed by atoms with Crippen LogP contribution < -0.4 is 10.1 Å². The summed E-state index contributed by atoms with van der Waals surface area (Å²) in [4.78, 5) is 14.8. The molecule has 1 atom stereocenters. The van der Waals surface area contributed by atoms with E-state index in [1.807, 2.05) is 52.2 Å². The summed E-state index contributed by atoms with van der Waals surface area (Å²) < 4.78 is 11.5. The van der Waals surface area contributed by atoms with Gasteiger partial charge < -0.3 is 19.7 Å². The van der Waals surface area contributed by atoms with E-state index in [0.717, 1.165) is 37.2 Å². The summed E-state index contributed by atoms with van der Waals surface area (Å²) in [6, 6.07) is 7.50. The molecular formula is C20H34N2O3. The molecule has 0 fully saturated rings. The summed E-state index contributed by atoms with van der Waals surface area (Å²) in [5, 5.41) is 2.96. The minimum absolute atomic E-state index is 0.0950. The molecule has 0 aliphatic heterocycles. The molecule has 0 heterocycles. The lowest BCUT2D eigenvalue weighted by molar-refractivity contribution is -0.140. The molecule has 1 aromatic carbocycles. The molecule has 0 aliphatic carbocycles. The Hall–Kier alpha value is -1.59. The van der Waals surface area contributed by atoms with Gasteiger partial charge in [-0.1, -0.05) is 20.3 Å². The first-order valence-corrected chi connectivity index (χ1v) is 9.24. The van der Waals surface area contributed by atoms with Crippen LogP contribution in [0.3, 0.4) is 0 Å². The van der Waals surface area contributed by atoms with E-state index >= 15 is 0 Å². The van der Waals surface area contributed by atoms with Crippen LogP contribution in [0.4, 0.5) is 5.69 Å². The second kappa shape index (κ2) is 11.1. The molecule has 0 saturated heterocycles. The zero-order valence-corrected chi connectivity index (χ0v) is 16.4. The first-order valence-electron chi connectivity index (χ1n) is 9.24. The van der Waals surface area contributed by atoms with Crippen LogP contribution in [0.25, 0.3) is 0 Å². The molecule has 0 radical (unpaired) electrons. The molecule has 5 nitrogen and oxygen atoms in total. The van der Waals surface area contributed by atoms with Gasteiger partial charge in [0.15, 0.2) is 0 Å². The van der Waals surface area contributed by atoms with Gasteiger partial charge in [0, 0.05) is 18.8 Å². The van der Waals surface area contributed by atoms with Gasteiger partial charge in [-0.25, -0.2) is 0 Å². The minimum Gasteiger partial charge on any atom is -0.494 e. The second-order valence-electron chi connectivity index (χ2n) is 6.81. The van der Waals surface area contributed by atoms with Crippen LogP contribution in [0.15, 0.2) is 24.3 Å². The van der Waals surface area contributed by atoms with E-state index in [0.29, 0.717) is 19.6 Å². The van der Waals surface area contributed by atoms with Gasteiger partial charge in [0.1, 0.15) is 11.4 Å². The van der Waals surface area contributed by atoms with E-state index in [2.05, 4.69) is 17.1 Å². The number of hydrogen-bond acceptors (Lipinski definition) is 4. The fourth-order valence-electron chi connectivity index (χ4n) is 2.52. The maximum absolute atomic E-state index is 12.6. The van der Waals surface area contributed by atoms with Crippen molar-refractivity contribution in [2.45, 2.75) is 52.1 Å². The van der Waals surface area contributed by atoms with Crippen molar-refractivity contribution in [1.82, 2.24) is 4.90 Å². The number of amides is 1. The molecule has 1 rings (SSSR count). The largest absolute Gasteiger partial charge is 0.494 e. The Bertz CT molecular complexity index is 502. The molecule has 0 aromatic heterocycles. The number of carbonyl (C=O) groups excluding carboxylic acids is 1. The first kappa shape index (κ1) is 21.5. The van der Waals surface area contributed by atoms with Gasteiger partial charge in [-0.15, -0.1) is 0 Å². The Morgan fingerprint density at radius 3 is 2.36 bits per heavy atom. The van der Waals surface area contributed by atoms with Crippen LogP contribution in [0.5, 0.6) is 5.75 Å². The number of hydrogen-bond donors (Lipinski definition) is 1. The summed E-state index contributed by atoms with van der Waals surface area (Å²) in [6.07, 6.45) is 3.47. The van der Waals surface area contributed by atoms with Gasteiger partial charge in [0.25, 0.3) is 5.91 Å². The average molecular weight is 351 g/mol. The van der Waals surface area contributed by atoms with Crippen molar-refractivity contribution < 1.29 is 14.3 Å². The third-order valence-corrected chi connectivity index (χ3v) is 3.96. The van der Waals surface area contributed by atoms with Gasteiger partial charge in [0.05, 0.1) is 6.61 Å². The molecule has 5 heteroatoms. The van der Waals surface area contributed by atoms with Crippen molar-refractivity contribution in [2.75, 3.05) is 39.2 Å². The van der Waals surface area contributed by atoms with Crippen molar-refractivity contribution in [3.63, 3.8) is 0 Å². The zero-order chi connectivity index (χ0) is 18.7. The fraction of sp³-hybridized carbons (Fsp3) is 0.650. The molecule has 25 heavy (non-hydrogen) atoms. The third kappa shape index (κ3) is 7.88. The van der Waals surface area contributed by atoms with Crippen LogP contribution in [0.2, 0.25) is 0 Å². The Morgan fingerprint density at radius 2 is 1.80 bits per heavy atom. The molecule has 1 N–H and O–H groups in total. The normalized spacial score (nSPS) is 13.5. The maximum atomic E-state index is 12.6. The van der Waals surface area contributed by atoms with E-state index in [1.54, 1.807) is 0 Å². The van der Waals surface area contributed by atoms with E-state index in [1.165, 1.54) is 0 Å². The predicted octanol–water partition coefficient (Wildman–Crippen LogP) is 3.94. The lowest BCUT2D eigenvalue weighted by Gasteiger charge is -2.28. The number of anilines is 1. The smallest absolute Gasteiger partial charge is 0.256 e. The lowest BCUT2D eigenvalue weighted by atomic mass is 9.99. The van der Waals surface area contributed by atoms with Crippen molar-refractivity contribution in [2.24, 2.45) is 0 Å². The Kier molecular flexibility index (Phi) is 9.53. The summed E-state index contributed by atoms with van der Waals surface area (Å²) in [6.45, 7) is 8.24. The van der Waals surface area contributed by atoms with Gasteiger partial charge in [-0.3, -0.25) is 4.79 Å². The average Bonchev–Trinajstić information content (AvgIpc) is 2.58. The Morgan fingerprint density at radius 1 is 1.12 bits per heavy atom. The highest BCUT2D eigenvalue weighted by molar-refractivity contribution is 5.97. The molecule has 1 amide bonds. The fourth-order valence-corrected chi connectivity index (χ4v) is 2.52. The van der Waals surface area contributed by atoms with Crippen molar-refractivity contribution >= 4 is 11.6 Å².